The normalized spacial score (nSPS) is 12.0. The van der Waals surface area contributed by atoms with Crippen LogP contribution in [0.5, 0.6) is 5.75 Å². The van der Waals surface area contributed by atoms with Crippen LogP contribution in [0.1, 0.15) is 17.2 Å². The Bertz CT molecular complexity index is 2140. The fourth-order valence-electron chi connectivity index (χ4n) is 5.28. The van der Waals surface area contributed by atoms with Gasteiger partial charge in [-0.25, -0.2) is 9.67 Å². The molecule has 0 aliphatic carbocycles. The number of phenols is 1. The molecular weight excluding hydrogens is 582 g/mol. The minimum Gasteiger partial charge on any atom is -0.508 e. The Kier molecular flexibility index (Phi) is 6.73. The first kappa shape index (κ1) is 26.6. The minimum absolute atomic E-state index is 0.0433. The highest BCUT2D eigenvalue weighted by atomic mass is 35.5. The Hall–Kier alpha value is -5.25. The zero-order chi connectivity index (χ0) is 29.5. The third-order valence-electron chi connectivity index (χ3n) is 7.26. The lowest BCUT2D eigenvalue weighted by Crippen LogP contribution is -2.13. The highest BCUT2D eigenvalue weighted by Gasteiger charge is 2.28. The van der Waals surface area contributed by atoms with E-state index in [0.717, 1.165) is 26.7 Å². The van der Waals surface area contributed by atoms with Crippen LogP contribution in [0.25, 0.3) is 37.9 Å². The maximum atomic E-state index is 11.7. The van der Waals surface area contributed by atoms with Gasteiger partial charge in [0.1, 0.15) is 5.75 Å². The number of para-hydroxylation sites is 1. The zero-order valence-corrected chi connectivity index (χ0v) is 24.0. The van der Waals surface area contributed by atoms with Crippen LogP contribution in [-0.2, 0) is 0 Å². The summed E-state index contributed by atoms with van der Waals surface area (Å²) in [6, 6.07) is 32.3. The molecule has 0 bridgehead atoms. The number of nitro groups is 1. The van der Waals surface area contributed by atoms with E-state index in [-0.39, 0.29) is 11.4 Å². The first-order valence-corrected chi connectivity index (χ1v) is 14.6. The number of nitrogens with one attached hydrogen (secondary N) is 1. The van der Waals surface area contributed by atoms with E-state index in [2.05, 4.69) is 5.32 Å². The number of rotatable bonds is 7. The van der Waals surface area contributed by atoms with E-state index >= 15 is 0 Å². The first-order valence-electron chi connectivity index (χ1n) is 13.4. The highest BCUT2D eigenvalue weighted by Crippen LogP contribution is 2.42. The Balaban J connectivity index is 1.49. The van der Waals surface area contributed by atoms with Crippen LogP contribution < -0.4 is 5.32 Å². The number of nitro benzene ring substituents is 1. The van der Waals surface area contributed by atoms with Gasteiger partial charge < -0.3 is 10.4 Å². The quantitative estimate of drug-likeness (QED) is 0.139. The Morgan fingerprint density at radius 2 is 1.74 bits per heavy atom. The molecule has 7 aromatic rings. The maximum Gasteiger partial charge on any atom is 0.270 e. The minimum atomic E-state index is -0.645. The second-order valence-corrected chi connectivity index (χ2v) is 11.4. The Morgan fingerprint density at radius 1 is 0.930 bits per heavy atom. The molecular formula is C33H22ClN5O3S. The second kappa shape index (κ2) is 10.9. The molecule has 0 saturated carbocycles. The number of non-ortho nitro benzene ring substituents is 1. The van der Waals surface area contributed by atoms with Gasteiger partial charge in [0, 0.05) is 40.0 Å². The van der Waals surface area contributed by atoms with Gasteiger partial charge in [-0.3, -0.25) is 10.1 Å². The van der Waals surface area contributed by atoms with Crippen LogP contribution in [0, 0.1) is 10.1 Å². The summed E-state index contributed by atoms with van der Waals surface area (Å²) >= 11 is 7.71. The van der Waals surface area contributed by atoms with Crippen molar-refractivity contribution in [3.8, 4) is 22.7 Å². The van der Waals surface area contributed by atoms with Gasteiger partial charge >= 0.3 is 0 Å². The van der Waals surface area contributed by atoms with Gasteiger partial charge in [0.15, 0.2) is 5.13 Å². The lowest BCUT2D eigenvalue weighted by atomic mass is 9.91. The van der Waals surface area contributed by atoms with Crippen LogP contribution >= 0.6 is 22.9 Å². The van der Waals surface area contributed by atoms with Gasteiger partial charge in [-0.2, -0.15) is 5.10 Å². The standard InChI is InChI=1S/C33H22ClN5O3S/c34-22-14-15-27-29(18-22)43-33(35-27)36-32(30-25-12-5-4-7-20(25)13-16-28(30)40)26-19-38(23-9-2-1-3-10-23)37-31(26)21-8-6-11-24(17-21)39(41)42/h1-19,32,40H,(H,35,36). The summed E-state index contributed by atoms with van der Waals surface area (Å²) in [7, 11) is 0. The van der Waals surface area contributed by atoms with E-state index < -0.39 is 11.0 Å². The van der Waals surface area contributed by atoms with Crippen molar-refractivity contribution < 1.29 is 10.0 Å². The number of aromatic hydroxyl groups is 1. The number of hydrogen-bond donors (Lipinski definition) is 2. The third kappa shape index (κ3) is 5.05. The molecule has 0 radical (unpaired) electrons. The highest BCUT2D eigenvalue weighted by molar-refractivity contribution is 7.22. The third-order valence-corrected chi connectivity index (χ3v) is 8.44. The number of nitrogens with zero attached hydrogens (tertiary/aromatic N) is 4. The molecule has 43 heavy (non-hydrogen) atoms. The van der Waals surface area contributed by atoms with Gasteiger partial charge in [0.25, 0.3) is 5.69 Å². The van der Waals surface area contributed by atoms with Crippen LogP contribution in [-0.4, -0.2) is 24.8 Å². The molecule has 0 spiro atoms. The smallest absolute Gasteiger partial charge is 0.270 e. The summed E-state index contributed by atoms with van der Waals surface area (Å²) < 4.78 is 2.66. The zero-order valence-electron chi connectivity index (χ0n) is 22.4. The average Bonchev–Trinajstić information content (AvgIpc) is 3.65. The SMILES string of the molecule is O=[N+]([O-])c1cccc(-c2nn(-c3ccccc3)cc2C(Nc2nc3ccc(Cl)cc3s2)c2c(O)ccc3ccccc23)c1. The average molecular weight is 604 g/mol. The Labute approximate surface area is 254 Å². The molecule has 2 N–H and O–H groups in total. The molecule has 8 nitrogen and oxygen atoms in total. The van der Waals surface area contributed by atoms with E-state index in [4.69, 9.17) is 21.7 Å². The summed E-state index contributed by atoms with van der Waals surface area (Å²) in [5, 5.41) is 34.7. The lowest BCUT2D eigenvalue weighted by Gasteiger charge is -2.22. The molecule has 1 atom stereocenters. The van der Waals surface area contributed by atoms with Crippen molar-refractivity contribution in [2.45, 2.75) is 6.04 Å². The van der Waals surface area contributed by atoms with Crippen molar-refractivity contribution in [3.05, 3.63) is 142 Å². The van der Waals surface area contributed by atoms with Crippen LogP contribution in [0.3, 0.4) is 0 Å². The van der Waals surface area contributed by atoms with Gasteiger partial charge in [-0.15, -0.1) is 0 Å². The van der Waals surface area contributed by atoms with Crippen LogP contribution in [0.15, 0.2) is 115 Å². The molecule has 5 aromatic carbocycles. The predicted molar refractivity (Wildman–Crippen MR) is 171 cm³/mol. The van der Waals surface area contributed by atoms with E-state index in [1.807, 2.05) is 79.0 Å². The van der Waals surface area contributed by atoms with Crippen molar-refractivity contribution in [1.82, 2.24) is 14.8 Å². The topological polar surface area (TPSA) is 106 Å². The number of phenolic OH excluding ortho intramolecular Hbond substituents is 1. The number of fused-ring (bicyclic) bond motifs is 2. The van der Waals surface area contributed by atoms with E-state index in [1.54, 1.807) is 28.9 Å². The van der Waals surface area contributed by atoms with Gasteiger partial charge in [0.05, 0.1) is 32.6 Å². The summed E-state index contributed by atoms with van der Waals surface area (Å²) in [5.41, 5.74) is 4.00. The number of aromatic nitrogens is 3. The lowest BCUT2D eigenvalue weighted by molar-refractivity contribution is -0.384. The van der Waals surface area contributed by atoms with Gasteiger partial charge in [0.2, 0.25) is 0 Å². The van der Waals surface area contributed by atoms with Crippen molar-refractivity contribution in [1.29, 1.82) is 0 Å². The Morgan fingerprint density at radius 3 is 2.58 bits per heavy atom. The maximum absolute atomic E-state index is 11.7. The largest absolute Gasteiger partial charge is 0.508 e. The number of halogens is 1. The number of benzene rings is 5. The summed E-state index contributed by atoms with van der Waals surface area (Å²) in [6.45, 7) is 0. The first-order chi connectivity index (χ1) is 20.9. The van der Waals surface area contributed by atoms with Crippen molar-refractivity contribution in [2.24, 2.45) is 0 Å². The molecule has 0 aliphatic heterocycles. The van der Waals surface area contributed by atoms with Crippen molar-refractivity contribution >= 4 is 54.7 Å². The molecule has 0 aliphatic rings. The number of hydrogen-bond acceptors (Lipinski definition) is 7. The molecule has 10 heteroatoms. The predicted octanol–water partition coefficient (Wildman–Crippen LogP) is 8.77. The summed E-state index contributed by atoms with van der Waals surface area (Å²) in [5.74, 6) is 0.0952. The van der Waals surface area contributed by atoms with E-state index in [0.29, 0.717) is 32.5 Å². The van der Waals surface area contributed by atoms with Crippen LogP contribution in [0.2, 0.25) is 5.02 Å². The molecule has 0 amide bonds. The molecule has 2 heterocycles. The fourth-order valence-corrected chi connectivity index (χ4v) is 6.45. The molecule has 7 rings (SSSR count). The summed E-state index contributed by atoms with van der Waals surface area (Å²) in [4.78, 5) is 16.1. The van der Waals surface area contributed by atoms with Crippen LogP contribution in [0.4, 0.5) is 10.8 Å². The fraction of sp³-hybridized carbons (Fsp3) is 0.0303. The van der Waals surface area contributed by atoms with Crippen molar-refractivity contribution in [3.63, 3.8) is 0 Å². The second-order valence-electron chi connectivity index (χ2n) is 9.95. The molecule has 210 valence electrons. The molecule has 0 fully saturated rings. The molecule has 2 aromatic heterocycles. The van der Waals surface area contributed by atoms with E-state index in [1.165, 1.54) is 23.5 Å². The summed E-state index contributed by atoms with van der Waals surface area (Å²) in [6.07, 6.45) is 1.90. The monoisotopic (exact) mass is 603 g/mol. The van der Waals surface area contributed by atoms with Gasteiger partial charge in [-0.1, -0.05) is 83.6 Å². The number of thiazole rings is 1. The molecule has 1 unspecified atom stereocenters. The number of anilines is 1. The molecule has 0 saturated heterocycles. The van der Waals surface area contributed by atoms with Gasteiger partial charge in [-0.05, 0) is 47.2 Å². The van der Waals surface area contributed by atoms with E-state index in [9.17, 15) is 15.2 Å². The van der Waals surface area contributed by atoms with Crippen molar-refractivity contribution in [2.75, 3.05) is 5.32 Å².